The number of ether oxygens (including phenoxy) is 1. The van der Waals surface area contributed by atoms with E-state index >= 15 is 0 Å². The van der Waals surface area contributed by atoms with Crippen molar-refractivity contribution in [3.63, 3.8) is 0 Å². The van der Waals surface area contributed by atoms with Gasteiger partial charge in [-0.15, -0.1) is 0 Å². The molecule has 0 saturated carbocycles. The molecule has 1 aromatic rings. The highest BCUT2D eigenvalue weighted by atomic mass is 16.5. The van der Waals surface area contributed by atoms with Gasteiger partial charge >= 0.3 is 23.9 Å². The van der Waals surface area contributed by atoms with Crippen LogP contribution in [-0.2, 0) is 30.5 Å². The normalized spacial score (nSPS) is 9.63. The average Bonchev–Trinajstić information content (AvgIpc) is 2.62. The summed E-state index contributed by atoms with van der Waals surface area (Å²) in [6.45, 7) is 0.276. The Morgan fingerprint density at radius 3 is 1.48 bits per heavy atom. The summed E-state index contributed by atoms with van der Waals surface area (Å²) in [5.41, 5.74) is 0.950. The number of hydrogen-bond acceptors (Lipinski definition) is 5. The molecule has 0 saturated heterocycles. The summed E-state index contributed by atoms with van der Waals surface area (Å²) in [6.07, 6.45) is 2.46. The molecule has 0 unspecified atom stereocenters. The molecule has 1 aromatic carbocycles. The van der Waals surface area contributed by atoms with Crippen LogP contribution in [0.4, 0.5) is 0 Å². The van der Waals surface area contributed by atoms with Crippen LogP contribution in [0, 0.1) is 0 Å². The van der Waals surface area contributed by atoms with Gasteiger partial charge in [0, 0.05) is 25.7 Å². The first-order chi connectivity index (χ1) is 12.8. The van der Waals surface area contributed by atoms with Crippen molar-refractivity contribution in [3.05, 3.63) is 35.9 Å². The minimum Gasteiger partial charge on any atom is -0.481 e. The third-order valence-corrected chi connectivity index (χ3v) is 3.30. The van der Waals surface area contributed by atoms with Gasteiger partial charge in [-0.2, -0.15) is 0 Å². The van der Waals surface area contributed by atoms with Crippen molar-refractivity contribution < 1.29 is 39.2 Å². The maximum Gasteiger partial charge on any atom is 0.306 e. The van der Waals surface area contributed by atoms with Crippen LogP contribution in [0.3, 0.4) is 0 Å². The zero-order chi connectivity index (χ0) is 20.5. The van der Waals surface area contributed by atoms with Gasteiger partial charge < -0.3 is 20.1 Å². The van der Waals surface area contributed by atoms with E-state index in [9.17, 15) is 19.2 Å². The molecular formula is C19H26O8. The van der Waals surface area contributed by atoms with Crippen LogP contribution in [-0.4, -0.2) is 39.2 Å². The Kier molecular flexibility index (Phi) is 13.7. The largest absolute Gasteiger partial charge is 0.481 e. The van der Waals surface area contributed by atoms with Crippen LogP contribution in [0.5, 0.6) is 0 Å². The van der Waals surface area contributed by atoms with E-state index in [1.54, 1.807) is 0 Å². The van der Waals surface area contributed by atoms with Gasteiger partial charge in [0.15, 0.2) is 0 Å². The van der Waals surface area contributed by atoms with Gasteiger partial charge in [0.25, 0.3) is 0 Å². The van der Waals surface area contributed by atoms with E-state index in [2.05, 4.69) is 0 Å². The minimum atomic E-state index is -0.870. The second kappa shape index (κ2) is 15.4. The molecule has 0 aliphatic heterocycles. The number of carboxylic acid groups (broad SMARTS) is 3. The van der Waals surface area contributed by atoms with Crippen molar-refractivity contribution >= 4 is 23.9 Å². The number of carbonyl (C=O) groups is 4. The highest BCUT2D eigenvalue weighted by molar-refractivity contribution is 5.70. The molecule has 0 aliphatic rings. The molecule has 8 heteroatoms. The third-order valence-electron chi connectivity index (χ3n) is 3.30. The molecule has 0 fully saturated rings. The molecule has 1 rings (SSSR count). The molecule has 0 radical (unpaired) electrons. The number of benzene rings is 1. The molecule has 0 heterocycles. The maximum atomic E-state index is 11.3. The molecular weight excluding hydrogens is 356 g/mol. The smallest absolute Gasteiger partial charge is 0.306 e. The highest BCUT2D eigenvalue weighted by Gasteiger charge is 2.04. The Bertz CT molecular complexity index is 567. The first-order valence-electron chi connectivity index (χ1n) is 8.66. The second-order valence-electron chi connectivity index (χ2n) is 5.74. The Labute approximate surface area is 157 Å². The van der Waals surface area contributed by atoms with Crippen LogP contribution in [0.1, 0.15) is 56.9 Å². The number of aliphatic carboxylic acids is 3. The molecule has 27 heavy (non-hydrogen) atoms. The highest BCUT2D eigenvalue weighted by Crippen LogP contribution is 2.05. The van der Waals surface area contributed by atoms with Crippen LogP contribution in [0.15, 0.2) is 30.3 Å². The summed E-state index contributed by atoms with van der Waals surface area (Å²) in [4.78, 5) is 41.3. The fourth-order valence-electron chi connectivity index (χ4n) is 1.91. The Hall–Kier alpha value is -2.90. The van der Waals surface area contributed by atoms with Crippen molar-refractivity contribution in [1.29, 1.82) is 0 Å². The fourth-order valence-corrected chi connectivity index (χ4v) is 1.91. The topological polar surface area (TPSA) is 138 Å². The van der Waals surface area contributed by atoms with E-state index in [0.717, 1.165) is 5.56 Å². The number of unbranched alkanes of at least 4 members (excludes halogenated alkanes) is 2. The van der Waals surface area contributed by atoms with Gasteiger partial charge in [0.1, 0.15) is 6.61 Å². The summed E-state index contributed by atoms with van der Waals surface area (Å²) < 4.78 is 5.05. The number of carboxylic acids is 3. The predicted octanol–water partition coefficient (Wildman–Crippen LogP) is 3.09. The van der Waals surface area contributed by atoms with Crippen molar-refractivity contribution in [1.82, 2.24) is 0 Å². The van der Waals surface area contributed by atoms with Crippen LogP contribution in [0.25, 0.3) is 0 Å². The number of carbonyl (C=O) groups excluding carboxylic acids is 1. The van der Waals surface area contributed by atoms with E-state index in [4.69, 9.17) is 20.1 Å². The van der Waals surface area contributed by atoms with Crippen molar-refractivity contribution in [3.8, 4) is 0 Å². The first-order valence-corrected chi connectivity index (χ1v) is 8.66. The van der Waals surface area contributed by atoms with E-state index in [0.29, 0.717) is 25.7 Å². The monoisotopic (exact) mass is 382 g/mol. The summed E-state index contributed by atoms with van der Waals surface area (Å²) in [5.74, 6) is -2.85. The van der Waals surface area contributed by atoms with Gasteiger partial charge in [0.05, 0.1) is 0 Å². The van der Waals surface area contributed by atoms with Gasteiger partial charge in [0.2, 0.25) is 0 Å². The lowest BCUT2D eigenvalue weighted by Gasteiger charge is -2.04. The summed E-state index contributed by atoms with van der Waals surface area (Å²) in [5, 5.41) is 24.7. The van der Waals surface area contributed by atoms with Crippen molar-refractivity contribution in [2.45, 2.75) is 58.0 Å². The lowest BCUT2D eigenvalue weighted by Crippen LogP contribution is -2.04. The Morgan fingerprint density at radius 2 is 1.07 bits per heavy atom. The Balaban J connectivity index is 0.000000580. The Morgan fingerprint density at radius 1 is 0.667 bits per heavy atom. The van der Waals surface area contributed by atoms with Crippen molar-refractivity contribution in [2.24, 2.45) is 0 Å². The minimum absolute atomic E-state index is 0.0628. The molecule has 3 N–H and O–H groups in total. The summed E-state index contributed by atoms with van der Waals surface area (Å²) >= 11 is 0. The van der Waals surface area contributed by atoms with E-state index in [1.165, 1.54) is 0 Å². The fraction of sp³-hybridized carbons (Fsp3) is 0.474. The van der Waals surface area contributed by atoms with Gasteiger partial charge in [-0.25, -0.2) is 0 Å². The van der Waals surface area contributed by atoms with E-state index < -0.39 is 17.9 Å². The summed E-state index contributed by atoms with van der Waals surface area (Å²) in [7, 11) is 0. The van der Waals surface area contributed by atoms with Gasteiger partial charge in [-0.05, 0) is 31.2 Å². The SMILES string of the molecule is O=C(O)CCCCC(=O)O.O=C(O)CCCCC(=O)OCc1ccccc1. The molecule has 0 aromatic heterocycles. The summed E-state index contributed by atoms with van der Waals surface area (Å²) in [6, 6.07) is 9.44. The molecule has 8 nitrogen and oxygen atoms in total. The number of rotatable bonds is 12. The molecule has 0 atom stereocenters. The van der Waals surface area contributed by atoms with Gasteiger partial charge in [-0.3, -0.25) is 19.2 Å². The molecule has 0 spiro atoms. The number of esters is 1. The third kappa shape index (κ3) is 17.7. The standard InChI is InChI=1S/C13H16O4.C6H10O4/c14-12(15)8-4-5-9-13(16)17-10-11-6-2-1-3-7-11;7-5(8)3-1-2-4-6(9)10/h1-3,6-7H,4-5,8-10H2,(H,14,15);1-4H2,(H,7,8)(H,9,10). The van der Waals surface area contributed by atoms with Gasteiger partial charge in [-0.1, -0.05) is 30.3 Å². The molecule has 0 amide bonds. The van der Waals surface area contributed by atoms with E-state index in [1.807, 2.05) is 30.3 Å². The van der Waals surface area contributed by atoms with Crippen molar-refractivity contribution in [2.75, 3.05) is 0 Å². The second-order valence-corrected chi connectivity index (χ2v) is 5.74. The van der Waals surface area contributed by atoms with E-state index in [-0.39, 0.29) is 38.3 Å². The predicted molar refractivity (Wildman–Crippen MR) is 96.1 cm³/mol. The zero-order valence-corrected chi connectivity index (χ0v) is 15.1. The maximum absolute atomic E-state index is 11.3. The number of hydrogen-bond donors (Lipinski definition) is 3. The lowest BCUT2D eigenvalue weighted by molar-refractivity contribution is -0.145. The molecule has 150 valence electrons. The zero-order valence-electron chi connectivity index (χ0n) is 15.1. The van der Waals surface area contributed by atoms with Crippen LogP contribution < -0.4 is 0 Å². The molecule has 0 aliphatic carbocycles. The first kappa shape index (κ1) is 24.1. The average molecular weight is 382 g/mol. The quantitative estimate of drug-likeness (QED) is 0.370. The van der Waals surface area contributed by atoms with Crippen LogP contribution in [0.2, 0.25) is 0 Å². The lowest BCUT2D eigenvalue weighted by atomic mass is 10.2. The van der Waals surface area contributed by atoms with Crippen LogP contribution >= 0.6 is 0 Å². The molecule has 0 bridgehead atoms.